The summed E-state index contributed by atoms with van der Waals surface area (Å²) in [7, 11) is 0. The van der Waals surface area contributed by atoms with Crippen molar-refractivity contribution in [3.63, 3.8) is 0 Å². The Morgan fingerprint density at radius 3 is 0.673 bits per heavy atom. The van der Waals surface area contributed by atoms with Crippen LogP contribution in [0.25, 0.3) is 33.4 Å². The Morgan fingerprint density at radius 1 is 0.273 bits per heavy atom. The minimum absolute atomic E-state index is 0. The molecule has 0 saturated carbocycles. The largest absolute Gasteiger partial charge is 6.00 e. The Morgan fingerprint density at radius 2 is 0.491 bits per heavy atom. The number of rotatable bonds is 9. The van der Waals surface area contributed by atoms with Crippen LogP contribution in [0.1, 0.15) is 62.1 Å². The molecule has 55 heavy (non-hydrogen) atoms. The molecule has 0 aromatic heterocycles. The number of carbonyl (C=O) groups is 6. The summed E-state index contributed by atoms with van der Waals surface area (Å²) in [4.78, 5) is 66.1. The summed E-state index contributed by atoms with van der Waals surface area (Å²) in [6.07, 6.45) is 0. The molecule has 0 N–H and O–H groups in total. The second kappa shape index (κ2) is 19.6. The second-order valence-electron chi connectivity index (χ2n) is 11.0. The van der Waals surface area contributed by atoms with Crippen LogP contribution in [0.5, 0.6) is 0 Å². The van der Waals surface area contributed by atoms with Crippen molar-refractivity contribution >= 4 is 35.8 Å². The SMILES string of the molecule is O=C([O-])c1cccc(-c2ccccc2)c1C(=O)[O-].O=C([O-])c1cccc(-c2ccccc2)c1C(=O)[O-].O=C([O-])c1cccc(-c2ccccc2)c1C(=O)[O-].[Mo+6]. The molecule has 6 rings (SSSR count). The fourth-order valence-corrected chi connectivity index (χ4v) is 5.40. The predicted molar refractivity (Wildman–Crippen MR) is 182 cm³/mol. The maximum Gasteiger partial charge on any atom is 6.00 e. The summed E-state index contributed by atoms with van der Waals surface area (Å²) in [5.74, 6) is -9.21. The van der Waals surface area contributed by atoms with Gasteiger partial charge in [-0.3, -0.25) is 0 Å². The van der Waals surface area contributed by atoms with Gasteiger partial charge in [-0.2, -0.15) is 0 Å². The maximum atomic E-state index is 11.1. The first-order valence-corrected chi connectivity index (χ1v) is 15.7. The minimum atomic E-state index is -1.54. The standard InChI is InChI=1S/3C14H10O4.Mo/c3*15-13(16)11-8-4-7-10(12(11)14(17)18)9-5-2-1-3-6-9;/h3*1-8H,(H,15,16)(H,17,18);/q;;;+6/p-6. The fourth-order valence-electron chi connectivity index (χ4n) is 5.40. The molecule has 0 radical (unpaired) electrons. The molecule has 6 aromatic carbocycles. The smallest absolute Gasteiger partial charge is 0.545 e. The van der Waals surface area contributed by atoms with E-state index in [0.29, 0.717) is 33.4 Å². The number of carboxylic acid groups (broad SMARTS) is 6. The summed E-state index contributed by atoms with van der Waals surface area (Å²) < 4.78 is 0. The summed E-state index contributed by atoms with van der Waals surface area (Å²) in [5, 5.41) is 66.1. The van der Waals surface area contributed by atoms with Gasteiger partial charge in [0.05, 0.1) is 35.8 Å². The van der Waals surface area contributed by atoms with Gasteiger partial charge in [0.2, 0.25) is 0 Å². The zero-order chi connectivity index (χ0) is 39.4. The third kappa shape index (κ3) is 10.5. The topological polar surface area (TPSA) is 241 Å². The number of carbonyl (C=O) groups excluding carboxylic acids is 6. The third-order valence-corrected chi connectivity index (χ3v) is 7.72. The van der Waals surface area contributed by atoms with E-state index in [2.05, 4.69) is 0 Å². The Kier molecular flexibility index (Phi) is 15.1. The zero-order valence-corrected chi connectivity index (χ0v) is 30.2. The number of aromatic carboxylic acids is 6. The van der Waals surface area contributed by atoms with E-state index in [1.165, 1.54) is 54.6 Å². The molecule has 0 amide bonds. The molecule has 0 aliphatic heterocycles. The van der Waals surface area contributed by atoms with E-state index in [1.807, 2.05) is 0 Å². The molecule has 0 saturated heterocycles. The molecule has 270 valence electrons. The third-order valence-electron chi connectivity index (χ3n) is 7.72. The van der Waals surface area contributed by atoms with E-state index in [4.69, 9.17) is 0 Å². The quantitative estimate of drug-likeness (QED) is 0.178. The van der Waals surface area contributed by atoms with Crippen LogP contribution < -0.4 is 30.6 Å². The Hall–Kier alpha value is -7.17. The van der Waals surface area contributed by atoms with Gasteiger partial charge in [0, 0.05) is 33.4 Å². The fraction of sp³-hybridized carbons (Fsp3) is 0. The molecule has 0 aliphatic carbocycles. The summed E-state index contributed by atoms with van der Waals surface area (Å²) in [6, 6.07) is 38.5. The zero-order valence-electron chi connectivity index (χ0n) is 28.2. The summed E-state index contributed by atoms with van der Waals surface area (Å²) in [6.45, 7) is 0. The van der Waals surface area contributed by atoms with Gasteiger partial charge in [-0.1, -0.05) is 146 Å². The number of hydrogen-bond acceptors (Lipinski definition) is 12. The van der Waals surface area contributed by atoms with E-state index in [9.17, 15) is 59.4 Å². The van der Waals surface area contributed by atoms with Crippen LogP contribution in [0, 0.1) is 0 Å². The van der Waals surface area contributed by atoms with Gasteiger partial charge in [-0.25, -0.2) is 0 Å². The van der Waals surface area contributed by atoms with Gasteiger partial charge in [0.25, 0.3) is 0 Å². The number of hydrogen-bond donors (Lipinski definition) is 0. The van der Waals surface area contributed by atoms with Crippen molar-refractivity contribution < 1.29 is 80.5 Å². The van der Waals surface area contributed by atoms with Gasteiger partial charge in [-0.15, -0.1) is 0 Å². The van der Waals surface area contributed by atoms with Crippen LogP contribution in [0.15, 0.2) is 146 Å². The van der Waals surface area contributed by atoms with Crippen LogP contribution in [-0.4, -0.2) is 35.8 Å². The van der Waals surface area contributed by atoms with Crippen molar-refractivity contribution in [1.82, 2.24) is 0 Å². The van der Waals surface area contributed by atoms with Gasteiger partial charge in [-0.05, 0) is 33.4 Å². The molecule has 12 nitrogen and oxygen atoms in total. The van der Waals surface area contributed by atoms with E-state index < -0.39 is 35.8 Å². The molecule has 0 fully saturated rings. The van der Waals surface area contributed by atoms with E-state index in [0.717, 1.165) is 0 Å². The molecular weight excluding hydrogens is 792 g/mol. The van der Waals surface area contributed by atoms with E-state index >= 15 is 0 Å². The van der Waals surface area contributed by atoms with Crippen molar-refractivity contribution in [3.8, 4) is 33.4 Å². The summed E-state index contributed by atoms with van der Waals surface area (Å²) in [5.41, 5.74) is 0.534. The maximum absolute atomic E-state index is 11.1. The molecule has 13 heteroatoms. The number of benzene rings is 6. The minimum Gasteiger partial charge on any atom is -0.545 e. The van der Waals surface area contributed by atoms with Gasteiger partial charge in [0.15, 0.2) is 0 Å². The Labute approximate surface area is 327 Å². The normalized spacial score (nSPS) is 9.82. The Bertz CT molecular complexity index is 2080. The molecule has 0 aliphatic rings. The molecule has 0 atom stereocenters. The molecule has 0 spiro atoms. The second-order valence-corrected chi connectivity index (χ2v) is 11.0. The predicted octanol–water partition coefficient (Wildman–Crippen LogP) is 0.239. The average molecular weight is 817 g/mol. The molecule has 0 heterocycles. The van der Waals surface area contributed by atoms with Crippen LogP contribution in [0.3, 0.4) is 0 Å². The molecule has 0 bridgehead atoms. The van der Waals surface area contributed by atoms with E-state index in [-0.39, 0.29) is 54.4 Å². The van der Waals surface area contributed by atoms with Crippen molar-refractivity contribution in [3.05, 3.63) is 179 Å². The van der Waals surface area contributed by atoms with Gasteiger partial charge in [0.1, 0.15) is 0 Å². The van der Waals surface area contributed by atoms with Crippen LogP contribution in [-0.2, 0) is 21.1 Å². The molecule has 6 aromatic rings. The van der Waals surface area contributed by atoms with Crippen LogP contribution >= 0.6 is 0 Å². The van der Waals surface area contributed by atoms with Crippen molar-refractivity contribution in [2.24, 2.45) is 0 Å². The van der Waals surface area contributed by atoms with Crippen molar-refractivity contribution in [1.29, 1.82) is 0 Å². The van der Waals surface area contributed by atoms with Gasteiger partial charge < -0.3 is 59.4 Å². The Balaban J connectivity index is 0.000000220. The van der Waals surface area contributed by atoms with Gasteiger partial charge >= 0.3 is 21.1 Å². The van der Waals surface area contributed by atoms with Crippen LogP contribution in [0.4, 0.5) is 0 Å². The molecule has 0 unspecified atom stereocenters. The summed E-state index contributed by atoms with van der Waals surface area (Å²) >= 11 is 0. The van der Waals surface area contributed by atoms with Crippen molar-refractivity contribution in [2.75, 3.05) is 0 Å². The number of carboxylic acids is 6. The van der Waals surface area contributed by atoms with Crippen molar-refractivity contribution in [2.45, 2.75) is 0 Å². The first kappa shape index (κ1) is 42.2. The first-order valence-electron chi connectivity index (χ1n) is 15.7. The van der Waals surface area contributed by atoms with Crippen LogP contribution in [0.2, 0.25) is 0 Å². The van der Waals surface area contributed by atoms with E-state index in [1.54, 1.807) is 91.0 Å². The average Bonchev–Trinajstić information content (AvgIpc) is 3.18. The first-order chi connectivity index (χ1) is 25.8. The monoisotopic (exact) mass is 818 g/mol. The molecular formula is C42H24MoO12.